The smallest absolute Gasteiger partial charge is 0.251 e. The highest BCUT2D eigenvalue weighted by Gasteiger charge is 2.20. The van der Waals surface area contributed by atoms with Crippen molar-refractivity contribution >= 4 is 29.2 Å². The summed E-state index contributed by atoms with van der Waals surface area (Å²) in [5.41, 5.74) is 0.172. The molecule has 29 heavy (non-hydrogen) atoms. The summed E-state index contributed by atoms with van der Waals surface area (Å²) in [6, 6.07) is 9.42. The molecule has 0 aliphatic heterocycles. The number of aliphatic imine (C=N–C) groups is 1. The first-order valence-corrected chi connectivity index (χ1v) is 9.04. The molecule has 0 aromatic heterocycles. The van der Waals surface area contributed by atoms with E-state index in [1.54, 1.807) is 30.5 Å². The second-order valence-corrected chi connectivity index (χ2v) is 7.49. The van der Waals surface area contributed by atoms with E-state index >= 15 is 0 Å². The lowest BCUT2D eigenvalue weighted by Crippen LogP contribution is -2.43. The van der Waals surface area contributed by atoms with Crippen molar-refractivity contribution in [3.8, 4) is 6.19 Å². The van der Waals surface area contributed by atoms with Crippen LogP contribution in [0.4, 0.5) is 14.5 Å². The topological polar surface area (TPSA) is 89.3 Å². The fraction of sp³-hybridized carbons (Fsp3) is 0.250. The molecule has 0 aliphatic rings. The number of rotatable bonds is 6. The van der Waals surface area contributed by atoms with Crippen molar-refractivity contribution in [1.82, 2.24) is 10.6 Å². The van der Waals surface area contributed by atoms with Crippen LogP contribution in [-0.2, 0) is 0 Å². The van der Waals surface area contributed by atoms with E-state index in [1.807, 2.05) is 13.8 Å². The van der Waals surface area contributed by atoms with E-state index in [2.05, 4.69) is 20.9 Å². The molecule has 0 radical (unpaired) electrons. The summed E-state index contributed by atoms with van der Waals surface area (Å²) in [4.78, 5) is 15.8. The third kappa shape index (κ3) is 7.39. The molecular weight excluding hydrogens is 400 g/mol. The van der Waals surface area contributed by atoms with Gasteiger partial charge in [0.05, 0.1) is 0 Å². The summed E-state index contributed by atoms with van der Waals surface area (Å²) >= 11 is 5.82. The van der Waals surface area contributed by atoms with Crippen molar-refractivity contribution in [2.75, 3.05) is 18.4 Å². The average molecular weight is 420 g/mol. The third-order valence-corrected chi connectivity index (χ3v) is 4.11. The van der Waals surface area contributed by atoms with Gasteiger partial charge in [0.1, 0.15) is 11.6 Å². The normalized spacial score (nSPS) is 11.5. The van der Waals surface area contributed by atoms with Gasteiger partial charge < -0.3 is 16.0 Å². The van der Waals surface area contributed by atoms with Gasteiger partial charge in [-0.15, -0.1) is 4.99 Å². The van der Waals surface area contributed by atoms with Gasteiger partial charge in [0, 0.05) is 35.4 Å². The Morgan fingerprint density at radius 1 is 1.10 bits per heavy atom. The van der Waals surface area contributed by atoms with E-state index in [0.29, 0.717) is 23.7 Å². The molecular formula is C20H20ClF2N5O. The van der Waals surface area contributed by atoms with Gasteiger partial charge in [0.25, 0.3) is 5.91 Å². The fourth-order valence-electron chi connectivity index (χ4n) is 2.33. The number of anilines is 1. The van der Waals surface area contributed by atoms with Crippen LogP contribution in [0.15, 0.2) is 47.5 Å². The number of hydrogen-bond donors (Lipinski definition) is 3. The monoisotopic (exact) mass is 419 g/mol. The number of carbonyl (C=O) groups is 1. The molecule has 2 aromatic rings. The summed E-state index contributed by atoms with van der Waals surface area (Å²) in [5.74, 6) is -1.72. The molecule has 0 unspecified atom stereocenters. The van der Waals surface area contributed by atoms with Crippen LogP contribution in [0.25, 0.3) is 0 Å². The van der Waals surface area contributed by atoms with Gasteiger partial charge in [-0.05, 0) is 41.8 Å². The molecule has 0 spiro atoms. The molecule has 0 saturated heterocycles. The highest BCUT2D eigenvalue weighted by atomic mass is 35.5. The van der Waals surface area contributed by atoms with Crippen LogP contribution in [0.3, 0.4) is 0 Å². The fourth-order valence-corrected chi connectivity index (χ4v) is 2.46. The van der Waals surface area contributed by atoms with Crippen molar-refractivity contribution in [3.05, 3.63) is 64.7 Å². The Bertz CT molecular complexity index is 919. The predicted octanol–water partition coefficient (Wildman–Crippen LogP) is 3.91. The highest BCUT2D eigenvalue weighted by molar-refractivity contribution is 6.30. The van der Waals surface area contributed by atoms with Gasteiger partial charge >= 0.3 is 0 Å². The van der Waals surface area contributed by atoms with E-state index < -0.39 is 17.0 Å². The van der Waals surface area contributed by atoms with Crippen LogP contribution in [-0.4, -0.2) is 25.0 Å². The summed E-state index contributed by atoms with van der Waals surface area (Å²) < 4.78 is 26.6. The highest BCUT2D eigenvalue weighted by Crippen LogP contribution is 2.15. The minimum absolute atomic E-state index is 0.0367. The Kier molecular flexibility index (Phi) is 7.51. The number of nitrogens with one attached hydrogen (secondary N) is 3. The van der Waals surface area contributed by atoms with Gasteiger partial charge in [-0.25, -0.2) is 8.78 Å². The molecule has 152 valence electrons. The van der Waals surface area contributed by atoms with Crippen LogP contribution in [0.1, 0.15) is 24.2 Å². The van der Waals surface area contributed by atoms with Gasteiger partial charge in [0.15, 0.2) is 0 Å². The first-order chi connectivity index (χ1) is 13.7. The SMILES string of the molecule is CC(C)(CNC(=O)c1ccc(Cl)cc1)CNC(=NC#N)Nc1cc(F)cc(F)c1. The van der Waals surface area contributed by atoms with Gasteiger partial charge in [-0.1, -0.05) is 25.4 Å². The van der Waals surface area contributed by atoms with Crippen molar-refractivity contribution in [2.45, 2.75) is 13.8 Å². The minimum Gasteiger partial charge on any atom is -0.355 e. The maximum Gasteiger partial charge on any atom is 0.251 e. The van der Waals surface area contributed by atoms with Gasteiger partial charge in [0.2, 0.25) is 12.2 Å². The lowest BCUT2D eigenvalue weighted by atomic mass is 9.93. The Labute approximate surface area is 172 Å². The van der Waals surface area contributed by atoms with Crippen LogP contribution in [0.5, 0.6) is 0 Å². The number of nitrogens with zero attached hydrogens (tertiary/aromatic N) is 2. The minimum atomic E-state index is -0.756. The van der Waals surface area contributed by atoms with E-state index in [0.717, 1.165) is 18.2 Å². The van der Waals surface area contributed by atoms with E-state index in [-0.39, 0.29) is 17.6 Å². The quantitative estimate of drug-likeness (QED) is 0.376. The molecule has 0 aliphatic carbocycles. The van der Waals surface area contributed by atoms with Crippen LogP contribution < -0.4 is 16.0 Å². The summed E-state index contributed by atoms with van der Waals surface area (Å²) in [6.07, 6.45) is 1.62. The third-order valence-electron chi connectivity index (χ3n) is 3.86. The largest absolute Gasteiger partial charge is 0.355 e. The number of carbonyl (C=O) groups excluding carboxylic acids is 1. The van der Waals surface area contributed by atoms with Crippen LogP contribution >= 0.6 is 11.6 Å². The second-order valence-electron chi connectivity index (χ2n) is 7.05. The summed E-state index contributed by atoms with van der Waals surface area (Å²) in [7, 11) is 0. The summed E-state index contributed by atoms with van der Waals surface area (Å²) in [6.45, 7) is 4.44. The molecule has 0 saturated carbocycles. The zero-order valence-electron chi connectivity index (χ0n) is 15.9. The molecule has 3 N–H and O–H groups in total. The Hall–Kier alpha value is -3.18. The molecule has 0 bridgehead atoms. The number of halogens is 3. The number of nitriles is 1. The van der Waals surface area contributed by atoms with Gasteiger partial charge in [-0.3, -0.25) is 4.79 Å². The molecule has 2 aromatic carbocycles. The van der Waals surface area contributed by atoms with E-state index in [9.17, 15) is 13.6 Å². The molecule has 9 heteroatoms. The second kappa shape index (κ2) is 9.85. The van der Waals surface area contributed by atoms with Crippen LogP contribution in [0.2, 0.25) is 5.02 Å². The van der Waals surface area contributed by atoms with E-state index in [4.69, 9.17) is 16.9 Å². The standard InChI is InChI=1S/C20H20ClF2N5O/c1-20(2,10-25-18(29)13-3-5-14(21)6-4-13)11-26-19(27-12-24)28-17-8-15(22)7-16(23)9-17/h3-9H,10-11H2,1-2H3,(H,25,29)(H2,26,27,28). The first kappa shape index (κ1) is 22.1. The van der Waals surface area contributed by atoms with Gasteiger partial charge in [-0.2, -0.15) is 5.26 Å². The number of hydrogen-bond acceptors (Lipinski definition) is 3. The molecule has 6 nitrogen and oxygen atoms in total. The van der Waals surface area contributed by atoms with Crippen LogP contribution in [0, 0.1) is 28.5 Å². The molecule has 2 rings (SSSR count). The first-order valence-electron chi connectivity index (χ1n) is 8.66. The predicted molar refractivity (Wildman–Crippen MR) is 109 cm³/mol. The van der Waals surface area contributed by atoms with E-state index in [1.165, 1.54) is 0 Å². The van der Waals surface area contributed by atoms with Crippen molar-refractivity contribution in [3.63, 3.8) is 0 Å². The van der Waals surface area contributed by atoms with Crippen molar-refractivity contribution < 1.29 is 13.6 Å². The molecule has 0 fully saturated rings. The Balaban J connectivity index is 1.93. The lowest BCUT2D eigenvalue weighted by Gasteiger charge is -2.26. The number of guanidine groups is 1. The average Bonchev–Trinajstić information content (AvgIpc) is 2.64. The maximum absolute atomic E-state index is 13.3. The van der Waals surface area contributed by atoms with Crippen molar-refractivity contribution in [1.29, 1.82) is 5.26 Å². The Morgan fingerprint density at radius 2 is 1.69 bits per heavy atom. The van der Waals surface area contributed by atoms with Crippen molar-refractivity contribution in [2.24, 2.45) is 10.4 Å². The number of amides is 1. The zero-order chi connectivity index (χ0) is 21.4. The number of benzene rings is 2. The maximum atomic E-state index is 13.3. The molecule has 0 atom stereocenters. The molecule has 0 heterocycles. The lowest BCUT2D eigenvalue weighted by molar-refractivity contribution is 0.0937. The summed E-state index contributed by atoms with van der Waals surface area (Å²) in [5, 5.41) is 17.8. The molecule has 1 amide bonds. The Morgan fingerprint density at radius 3 is 2.28 bits per heavy atom. The zero-order valence-corrected chi connectivity index (χ0v) is 16.6.